The fraction of sp³-hybridized carbons (Fsp3) is 0.400. The maximum atomic E-state index is 10.4. The molecule has 0 spiro atoms. The summed E-state index contributed by atoms with van der Waals surface area (Å²) in [7, 11) is 0. The molecule has 1 aliphatic rings. The van der Waals surface area contributed by atoms with E-state index in [9.17, 15) is 5.11 Å². The molecule has 2 aromatic rings. The summed E-state index contributed by atoms with van der Waals surface area (Å²) >= 11 is 3.53. The molecule has 1 aliphatic heterocycles. The number of hydrogen-bond acceptors (Lipinski definition) is 3. The molecule has 0 saturated heterocycles. The first-order chi connectivity index (χ1) is 8.88. The van der Waals surface area contributed by atoms with Gasteiger partial charge in [-0.1, -0.05) is 22.0 Å². The Bertz CT molecular complexity index is 654. The van der Waals surface area contributed by atoms with Crippen molar-refractivity contribution in [1.82, 2.24) is 4.98 Å². The Labute approximate surface area is 120 Å². The highest BCUT2D eigenvalue weighted by Crippen LogP contribution is 2.44. The molecule has 3 rings (SSSR count). The Morgan fingerprint density at radius 1 is 1.32 bits per heavy atom. The van der Waals surface area contributed by atoms with E-state index < -0.39 is 11.7 Å². The Morgan fingerprint density at radius 3 is 2.79 bits per heavy atom. The number of pyridine rings is 1. The summed E-state index contributed by atoms with van der Waals surface area (Å²) in [4.78, 5) is 4.35. The third kappa shape index (κ3) is 2.03. The minimum absolute atomic E-state index is 0.144. The highest BCUT2D eigenvalue weighted by atomic mass is 79.9. The Kier molecular flexibility index (Phi) is 2.84. The highest BCUT2D eigenvalue weighted by molar-refractivity contribution is 9.09. The van der Waals surface area contributed by atoms with Crippen molar-refractivity contribution < 1.29 is 9.84 Å². The Hall–Kier alpha value is -1.13. The van der Waals surface area contributed by atoms with Gasteiger partial charge in [-0.05, 0) is 39.0 Å². The fourth-order valence-electron chi connectivity index (χ4n) is 2.47. The van der Waals surface area contributed by atoms with E-state index >= 15 is 0 Å². The number of hydrogen-bond donors (Lipinski definition) is 1. The second-order valence-electron chi connectivity index (χ2n) is 5.59. The average molecular weight is 322 g/mol. The second kappa shape index (κ2) is 4.18. The van der Waals surface area contributed by atoms with Gasteiger partial charge in [0.1, 0.15) is 11.4 Å². The van der Waals surface area contributed by atoms with Gasteiger partial charge in [0.15, 0.2) is 0 Å². The first-order valence-electron chi connectivity index (χ1n) is 6.31. The van der Waals surface area contributed by atoms with Crippen LogP contribution in [-0.2, 0) is 0 Å². The molecule has 1 N–H and O–H groups in total. The molecule has 0 fully saturated rings. The third-order valence-corrected chi connectivity index (χ3v) is 5.20. The van der Waals surface area contributed by atoms with Gasteiger partial charge in [0.2, 0.25) is 0 Å². The van der Waals surface area contributed by atoms with Crippen LogP contribution < -0.4 is 4.74 Å². The van der Waals surface area contributed by atoms with E-state index in [1.54, 1.807) is 0 Å². The molecule has 4 heteroatoms. The molecule has 0 unspecified atom stereocenters. The van der Waals surface area contributed by atoms with Gasteiger partial charge in [-0.25, -0.2) is 0 Å². The summed E-state index contributed by atoms with van der Waals surface area (Å²) in [5.41, 5.74) is 2.21. The smallest absolute Gasteiger partial charge is 0.126 e. The van der Waals surface area contributed by atoms with Crippen molar-refractivity contribution in [3.8, 4) is 5.75 Å². The molecule has 0 bridgehead atoms. The maximum Gasteiger partial charge on any atom is 0.126 e. The number of ether oxygens (including phenoxy) is 1. The van der Waals surface area contributed by atoms with Gasteiger partial charge in [-0.15, -0.1) is 0 Å². The van der Waals surface area contributed by atoms with Gasteiger partial charge in [-0.2, -0.15) is 0 Å². The van der Waals surface area contributed by atoms with E-state index in [1.807, 2.05) is 45.0 Å². The van der Waals surface area contributed by atoms with Crippen LogP contribution in [0.5, 0.6) is 5.75 Å². The van der Waals surface area contributed by atoms with E-state index in [1.165, 1.54) is 0 Å². The number of fused-ring (bicyclic) bond motifs is 2. The Balaban J connectivity index is 2.22. The summed E-state index contributed by atoms with van der Waals surface area (Å²) in [6, 6.07) is 7.89. The molecule has 1 aromatic heterocycles. The number of benzene rings is 1. The van der Waals surface area contributed by atoms with Crippen LogP contribution in [0.3, 0.4) is 0 Å². The molecule has 0 amide bonds. The van der Waals surface area contributed by atoms with Crippen LogP contribution in [0.15, 0.2) is 24.3 Å². The largest absolute Gasteiger partial charge is 0.486 e. The highest BCUT2D eigenvalue weighted by Gasteiger charge is 2.41. The zero-order valence-corrected chi connectivity index (χ0v) is 12.7. The standard InChI is InChI=1S/C15H16BrNO2/c1-8-4-5-9-6-12-10(7-11(9)17-8)13(18)14(16)15(2,3)19-12/h4-7,13-14,18H,1-3H3/t13-,14+/m0/s1. The maximum absolute atomic E-state index is 10.4. The van der Waals surface area contributed by atoms with Crippen molar-refractivity contribution in [1.29, 1.82) is 0 Å². The molecule has 1 aromatic carbocycles. The summed E-state index contributed by atoms with van der Waals surface area (Å²) in [6.07, 6.45) is -0.592. The van der Waals surface area contributed by atoms with Crippen LogP contribution >= 0.6 is 15.9 Å². The van der Waals surface area contributed by atoms with Gasteiger partial charge in [0, 0.05) is 16.6 Å². The van der Waals surface area contributed by atoms with Crippen LogP contribution in [0, 0.1) is 6.92 Å². The summed E-state index contributed by atoms with van der Waals surface area (Å²) in [5, 5.41) is 11.5. The van der Waals surface area contributed by atoms with Crippen LogP contribution in [0.4, 0.5) is 0 Å². The van der Waals surface area contributed by atoms with Crippen LogP contribution in [0.1, 0.15) is 31.2 Å². The molecular weight excluding hydrogens is 306 g/mol. The minimum Gasteiger partial charge on any atom is -0.486 e. The van der Waals surface area contributed by atoms with Crippen molar-refractivity contribution in [2.45, 2.75) is 37.3 Å². The van der Waals surface area contributed by atoms with Crippen LogP contribution in [-0.4, -0.2) is 20.5 Å². The third-order valence-electron chi connectivity index (χ3n) is 3.59. The SMILES string of the molecule is Cc1ccc2cc3c(cc2n1)[C@H](O)[C@@H](Br)C(C)(C)O3. The van der Waals surface area contributed by atoms with Crippen molar-refractivity contribution in [2.75, 3.05) is 0 Å². The lowest BCUT2D eigenvalue weighted by atomic mass is 9.91. The molecule has 2 atom stereocenters. The number of rotatable bonds is 0. The average Bonchev–Trinajstić information content (AvgIpc) is 2.34. The minimum atomic E-state index is -0.592. The normalized spacial score (nSPS) is 24.9. The van der Waals surface area contributed by atoms with Crippen molar-refractivity contribution in [2.24, 2.45) is 0 Å². The van der Waals surface area contributed by atoms with Gasteiger partial charge in [0.25, 0.3) is 0 Å². The zero-order chi connectivity index (χ0) is 13.8. The number of nitrogens with zero attached hydrogens (tertiary/aromatic N) is 1. The summed E-state index contributed by atoms with van der Waals surface area (Å²) in [6.45, 7) is 5.90. The molecule has 2 heterocycles. The van der Waals surface area contributed by atoms with E-state index in [4.69, 9.17) is 4.74 Å². The number of aromatic nitrogens is 1. The van der Waals surface area contributed by atoms with Gasteiger partial charge in [-0.3, -0.25) is 4.98 Å². The number of halogens is 1. The van der Waals surface area contributed by atoms with Gasteiger partial charge < -0.3 is 9.84 Å². The first kappa shape index (κ1) is 12.9. The number of alkyl halides is 1. The fourth-order valence-corrected chi connectivity index (χ4v) is 2.84. The molecule has 19 heavy (non-hydrogen) atoms. The lowest BCUT2D eigenvalue weighted by Crippen LogP contribution is -2.45. The predicted octanol–water partition coefficient (Wildman–Crippen LogP) is 3.51. The molecular formula is C15H16BrNO2. The molecule has 3 nitrogen and oxygen atoms in total. The topological polar surface area (TPSA) is 42.4 Å². The van der Waals surface area contributed by atoms with E-state index in [-0.39, 0.29) is 4.83 Å². The van der Waals surface area contributed by atoms with Gasteiger partial charge >= 0.3 is 0 Å². The van der Waals surface area contributed by atoms with E-state index in [0.717, 1.165) is 27.9 Å². The van der Waals surface area contributed by atoms with Gasteiger partial charge in [0.05, 0.1) is 16.4 Å². The first-order valence-corrected chi connectivity index (χ1v) is 7.22. The van der Waals surface area contributed by atoms with Crippen molar-refractivity contribution in [3.63, 3.8) is 0 Å². The number of aliphatic hydroxyl groups excluding tert-OH is 1. The quantitative estimate of drug-likeness (QED) is 0.755. The van der Waals surface area contributed by atoms with E-state index in [2.05, 4.69) is 20.9 Å². The summed E-state index contributed by atoms with van der Waals surface area (Å²) in [5.74, 6) is 0.742. The molecule has 0 aliphatic carbocycles. The Morgan fingerprint density at radius 2 is 2.05 bits per heavy atom. The van der Waals surface area contributed by atoms with Crippen LogP contribution in [0.2, 0.25) is 0 Å². The lowest BCUT2D eigenvalue weighted by molar-refractivity contribution is 0.0228. The second-order valence-corrected chi connectivity index (χ2v) is 6.57. The van der Waals surface area contributed by atoms with Crippen LogP contribution in [0.25, 0.3) is 10.9 Å². The molecule has 0 saturated carbocycles. The van der Waals surface area contributed by atoms with E-state index in [0.29, 0.717) is 0 Å². The monoisotopic (exact) mass is 321 g/mol. The summed E-state index contributed by atoms with van der Waals surface area (Å²) < 4.78 is 6.01. The molecule has 0 radical (unpaired) electrons. The zero-order valence-electron chi connectivity index (χ0n) is 11.1. The number of aliphatic hydroxyl groups is 1. The molecule has 100 valence electrons. The van der Waals surface area contributed by atoms with Crippen molar-refractivity contribution >= 4 is 26.8 Å². The van der Waals surface area contributed by atoms with Crippen molar-refractivity contribution in [3.05, 3.63) is 35.5 Å². The predicted molar refractivity (Wildman–Crippen MR) is 78.9 cm³/mol. The lowest BCUT2D eigenvalue weighted by Gasteiger charge is -2.40. The number of aryl methyl sites for hydroxylation is 1.